The maximum Gasteiger partial charge on any atom is 0.208 e. The van der Waals surface area contributed by atoms with E-state index >= 15 is 0 Å². The van der Waals surface area contributed by atoms with Crippen molar-refractivity contribution in [3.8, 4) is 0 Å². The van der Waals surface area contributed by atoms with Gasteiger partial charge in [0.15, 0.2) is 0 Å². The van der Waals surface area contributed by atoms with Crippen molar-refractivity contribution in [3.05, 3.63) is 38.1 Å². The predicted octanol–water partition coefficient (Wildman–Crippen LogP) is 5.33. The molecule has 2 aliphatic rings. The van der Waals surface area contributed by atoms with Crippen LogP contribution in [0.2, 0.25) is 0 Å². The molecule has 27 heavy (non-hydrogen) atoms. The van der Waals surface area contributed by atoms with Crippen LogP contribution in [0.4, 0.5) is 0 Å². The minimum absolute atomic E-state index is 0. The van der Waals surface area contributed by atoms with E-state index in [1.165, 1.54) is 0 Å². The quantitative estimate of drug-likeness (QED) is 0.447. The van der Waals surface area contributed by atoms with Crippen molar-refractivity contribution < 1.29 is 20.4 Å². The summed E-state index contributed by atoms with van der Waals surface area (Å²) in [5, 5.41) is 0. The molecule has 0 atom stereocenters. The van der Waals surface area contributed by atoms with E-state index in [-0.39, 0.29) is 42.6 Å². The Morgan fingerprint density at radius 3 is 0.630 bits per heavy atom. The Morgan fingerprint density at radius 1 is 0.407 bits per heavy atom. The van der Waals surface area contributed by atoms with Crippen LogP contribution in [0.15, 0.2) is 24.8 Å². The molecular formula is C22H40N4Pd. The maximum absolute atomic E-state index is 3.33. The SMILES string of the molecule is CC(C)(C)N1[C]N(C(C)(C)C)C=C1.CC(C)(C)N1[C]N(C(C)(C)C)C=C1.[Pd]. The maximum atomic E-state index is 3.33. The minimum atomic E-state index is 0. The van der Waals surface area contributed by atoms with Gasteiger partial charge >= 0.3 is 0 Å². The Labute approximate surface area is 183 Å². The topological polar surface area (TPSA) is 13.0 Å². The van der Waals surface area contributed by atoms with E-state index in [0.29, 0.717) is 0 Å². The molecule has 158 valence electrons. The molecule has 4 radical (unpaired) electrons. The summed E-state index contributed by atoms with van der Waals surface area (Å²) in [4.78, 5) is 8.44. The number of hydrogen-bond acceptors (Lipinski definition) is 4. The number of hydrogen-bond donors (Lipinski definition) is 0. The smallest absolute Gasteiger partial charge is 0.208 e. The van der Waals surface area contributed by atoms with Gasteiger partial charge in [0.2, 0.25) is 13.3 Å². The zero-order valence-corrected chi connectivity index (χ0v) is 21.0. The number of nitrogens with zero attached hydrogens (tertiary/aromatic N) is 4. The van der Waals surface area contributed by atoms with E-state index in [4.69, 9.17) is 0 Å². The molecule has 4 nitrogen and oxygen atoms in total. The molecule has 2 rings (SSSR count). The summed E-state index contributed by atoms with van der Waals surface area (Å²) >= 11 is 0. The molecule has 0 saturated carbocycles. The van der Waals surface area contributed by atoms with Crippen LogP contribution in [-0.2, 0) is 20.4 Å². The van der Waals surface area contributed by atoms with Gasteiger partial charge in [0.25, 0.3) is 0 Å². The molecule has 5 heteroatoms. The Balaban J connectivity index is 0.000000483. The fraction of sp³-hybridized carbons (Fsp3) is 0.727. The van der Waals surface area contributed by atoms with Crippen molar-refractivity contribution >= 4 is 0 Å². The average molecular weight is 467 g/mol. The first-order valence-electron chi connectivity index (χ1n) is 9.49. The van der Waals surface area contributed by atoms with Crippen molar-refractivity contribution in [1.29, 1.82) is 0 Å². The summed E-state index contributed by atoms with van der Waals surface area (Å²) in [7, 11) is 0. The summed E-state index contributed by atoms with van der Waals surface area (Å²) in [6.45, 7) is 32.8. The molecular weight excluding hydrogens is 427 g/mol. The second-order valence-corrected chi connectivity index (χ2v) is 11.0. The van der Waals surface area contributed by atoms with Gasteiger partial charge in [-0.3, -0.25) is 0 Å². The van der Waals surface area contributed by atoms with E-state index < -0.39 is 0 Å². The standard InChI is InChI=1S/2C11H20N2.Pd/c2*1-10(2,3)12-7-8-13(9-12)11(4,5)6;/h2*7-8H,1-6H3;. The van der Waals surface area contributed by atoms with E-state index in [1.807, 2.05) is 0 Å². The van der Waals surface area contributed by atoms with Gasteiger partial charge < -0.3 is 19.6 Å². The molecule has 0 bridgehead atoms. The molecule has 2 heterocycles. The van der Waals surface area contributed by atoms with Crippen LogP contribution in [0, 0.1) is 13.3 Å². The molecule has 0 aromatic heterocycles. The first kappa shape index (κ1) is 26.3. The van der Waals surface area contributed by atoms with Crippen LogP contribution in [0.25, 0.3) is 0 Å². The molecule has 2 aliphatic heterocycles. The van der Waals surface area contributed by atoms with E-state index in [9.17, 15) is 0 Å². The summed E-state index contributed by atoms with van der Waals surface area (Å²) < 4.78 is 0. The molecule has 0 fully saturated rings. The summed E-state index contributed by atoms with van der Waals surface area (Å²) in [5.41, 5.74) is 0.486. The van der Waals surface area contributed by atoms with Gasteiger partial charge in [0.1, 0.15) is 0 Å². The van der Waals surface area contributed by atoms with Gasteiger partial charge in [0.05, 0.1) is 0 Å². The Kier molecular flexibility index (Phi) is 8.57. The van der Waals surface area contributed by atoms with Crippen molar-refractivity contribution in [1.82, 2.24) is 19.6 Å². The minimum Gasteiger partial charge on any atom is -0.341 e. The molecule has 0 aromatic carbocycles. The number of rotatable bonds is 0. The van der Waals surface area contributed by atoms with Crippen LogP contribution in [0.1, 0.15) is 83.1 Å². The molecule has 0 aliphatic carbocycles. The normalized spacial score (nSPS) is 17.9. The fourth-order valence-corrected chi connectivity index (χ4v) is 2.13. The fourth-order valence-electron chi connectivity index (χ4n) is 2.13. The van der Waals surface area contributed by atoms with Crippen molar-refractivity contribution in [2.24, 2.45) is 0 Å². The Hall–Kier alpha value is -0.658. The van der Waals surface area contributed by atoms with Crippen LogP contribution in [-0.4, -0.2) is 41.8 Å². The first-order valence-corrected chi connectivity index (χ1v) is 9.49. The molecule has 0 N–H and O–H groups in total. The van der Waals surface area contributed by atoms with Gasteiger partial charge in [-0.25, -0.2) is 0 Å². The van der Waals surface area contributed by atoms with E-state index in [2.05, 4.69) is 141 Å². The van der Waals surface area contributed by atoms with Gasteiger partial charge in [-0.15, -0.1) is 0 Å². The second-order valence-electron chi connectivity index (χ2n) is 11.0. The average Bonchev–Trinajstić information content (AvgIpc) is 3.06. The molecule has 0 saturated heterocycles. The zero-order valence-electron chi connectivity index (χ0n) is 19.4. The van der Waals surface area contributed by atoms with Crippen molar-refractivity contribution in [2.45, 2.75) is 105 Å². The van der Waals surface area contributed by atoms with Crippen molar-refractivity contribution in [3.63, 3.8) is 0 Å². The first-order chi connectivity index (χ1) is 11.4. The van der Waals surface area contributed by atoms with E-state index in [1.54, 1.807) is 0 Å². The summed E-state index contributed by atoms with van der Waals surface area (Å²) in [6.07, 6.45) is 8.30. The van der Waals surface area contributed by atoms with Crippen LogP contribution >= 0.6 is 0 Å². The van der Waals surface area contributed by atoms with Crippen molar-refractivity contribution in [2.75, 3.05) is 0 Å². The van der Waals surface area contributed by atoms with Crippen LogP contribution in [0.5, 0.6) is 0 Å². The largest absolute Gasteiger partial charge is 0.341 e. The Morgan fingerprint density at radius 2 is 0.556 bits per heavy atom. The molecule has 0 spiro atoms. The van der Waals surface area contributed by atoms with E-state index in [0.717, 1.165) is 0 Å². The van der Waals surface area contributed by atoms with Crippen LogP contribution < -0.4 is 0 Å². The third-order valence-electron chi connectivity index (χ3n) is 4.05. The molecule has 0 amide bonds. The second kappa shape index (κ2) is 8.79. The van der Waals surface area contributed by atoms with Gasteiger partial charge in [0, 0.05) is 67.4 Å². The van der Waals surface area contributed by atoms with Gasteiger partial charge in [-0.1, -0.05) is 0 Å². The third kappa shape index (κ3) is 8.08. The van der Waals surface area contributed by atoms with Crippen LogP contribution in [0.3, 0.4) is 0 Å². The monoisotopic (exact) mass is 466 g/mol. The zero-order chi connectivity index (χ0) is 20.6. The van der Waals surface area contributed by atoms with Gasteiger partial charge in [-0.2, -0.15) is 0 Å². The molecule has 0 unspecified atom stereocenters. The summed E-state index contributed by atoms with van der Waals surface area (Å²) in [5.74, 6) is 0. The Bertz CT molecular complexity index is 420. The van der Waals surface area contributed by atoms with Gasteiger partial charge in [-0.05, 0) is 83.1 Å². The predicted molar refractivity (Wildman–Crippen MR) is 111 cm³/mol. The third-order valence-corrected chi connectivity index (χ3v) is 4.05. The summed E-state index contributed by atoms with van der Waals surface area (Å²) in [6, 6.07) is 0. The molecule has 0 aromatic rings.